The van der Waals surface area contributed by atoms with Gasteiger partial charge >= 0.3 is 0 Å². The van der Waals surface area contributed by atoms with Crippen molar-refractivity contribution in [1.82, 2.24) is 0 Å². The maximum atomic E-state index is 12.4. The molecule has 1 aliphatic carbocycles. The molecule has 112 valence electrons. The maximum Gasteiger partial charge on any atom is 0.159 e. The Kier molecular flexibility index (Phi) is 4.52. The highest BCUT2D eigenvalue weighted by Crippen LogP contribution is 2.33. The molecule has 5 nitrogen and oxygen atoms in total. The molecule has 1 saturated carbocycles. The predicted octanol–water partition coefficient (Wildman–Crippen LogP) is 0.982. The molecular weight excluding hydrogens is 288 g/mol. The molecular formula is C12H22O5S2. The first kappa shape index (κ1) is 16.6. The summed E-state index contributed by atoms with van der Waals surface area (Å²) in [5.74, 6) is -0.832. The Hall–Kier alpha value is -0.430. The van der Waals surface area contributed by atoms with Gasteiger partial charge in [0.1, 0.15) is 14.6 Å². The standard InChI is InChI=1S/C12H22O5S2/c1-12(2,19(4,16)17)11(13)9-6-5-7-10(8-9)18(3,14)15/h9-10H,5-8H2,1-4H3. The van der Waals surface area contributed by atoms with E-state index in [1.165, 1.54) is 20.1 Å². The van der Waals surface area contributed by atoms with Gasteiger partial charge in [-0.1, -0.05) is 6.42 Å². The Morgan fingerprint density at radius 1 is 1.05 bits per heavy atom. The minimum absolute atomic E-state index is 0.247. The predicted molar refractivity (Wildman–Crippen MR) is 74.5 cm³/mol. The molecule has 0 aromatic heterocycles. The van der Waals surface area contributed by atoms with Gasteiger partial charge < -0.3 is 0 Å². The molecule has 0 aromatic rings. The first-order chi connectivity index (χ1) is 8.37. The molecule has 2 atom stereocenters. The molecule has 1 fully saturated rings. The van der Waals surface area contributed by atoms with E-state index in [0.717, 1.165) is 6.26 Å². The van der Waals surface area contributed by atoms with E-state index in [1.807, 2.05) is 0 Å². The van der Waals surface area contributed by atoms with E-state index in [2.05, 4.69) is 0 Å². The van der Waals surface area contributed by atoms with Gasteiger partial charge in [-0.25, -0.2) is 16.8 Å². The normalized spacial score (nSPS) is 26.1. The summed E-state index contributed by atoms with van der Waals surface area (Å²) in [6.07, 6.45) is 4.24. The average molecular weight is 310 g/mol. The SMILES string of the molecule is CC(C)(C(=O)C1CCCC(S(C)(=O)=O)C1)S(C)(=O)=O. The molecule has 0 N–H and O–H groups in total. The van der Waals surface area contributed by atoms with Gasteiger partial charge in [-0.05, 0) is 33.1 Å². The number of Topliss-reactive ketones (excluding diaryl/α,β-unsaturated/α-hetero) is 1. The van der Waals surface area contributed by atoms with Crippen molar-refractivity contribution in [3.05, 3.63) is 0 Å². The van der Waals surface area contributed by atoms with Crippen molar-refractivity contribution < 1.29 is 21.6 Å². The van der Waals surface area contributed by atoms with Crippen LogP contribution in [0.15, 0.2) is 0 Å². The van der Waals surface area contributed by atoms with E-state index in [9.17, 15) is 21.6 Å². The van der Waals surface area contributed by atoms with Crippen LogP contribution in [0.2, 0.25) is 0 Å². The van der Waals surface area contributed by atoms with Crippen molar-refractivity contribution in [2.24, 2.45) is 5.92 Å². The lowest BCUT2D eigenvalue weighted by molar-refractivity contribution is -0.125. The van der Waals surface area contributed by atoms with Crippen molar-refractivity contribution in [2.45, 2.75) is 49.5 Å². The lowest BCUT2D eigenvalue weighted by Crippen LogP contribution is -2.45. The molecule has 0 radical (unpaired) electrons. The summed E-state index contributed by atoms with van der Waals surface area (Å²) in [6.45, 7) is 2.80. The van der Waals surface area contributed by atoms with Crippen LogP contribution in [0.4, 0.5) is 0 Å². The Labute approximate surface area is 115 Å². The Balaban J connectivity index is 2.96. The van der Waals surface area contributed by atoms with Crippen molar-refractivity contribution in [1.29, 1.82) is 0 Å². The maximum absolute atomic E-state index is 12.4. The number of hydrogen-bond acceptors (Lipinski definition) is 5. The van der Waals surface area contributed by atoms with Gasteiger partial charge in [-0.2, -0.15) is 0 Å². The molecule has 2 unspecified atom stereocenters. The molecule has 1 aliphatic rings. The second kappa shape index (κ2) is 5.16. The summed E-state index contributed by atoms with van der Waals surface area (Å²) in [4.78, 5) is 12.4. The van der Waals surface area contributed by atoms with Gasteiger partial charge in [0.25, 0.3) is 0 Å². The number of sulfone groups is 2. The number of carbonyl (C=O) groups is 1. The molecule has 0 saturated heterocycles. The molecule has 0 spiro atoms. The highest BCUT2D eigenvalue weighted by atomic mass is 32.2. The fourth-order valence-corrected chi connectivity index (χ4v) is 4.16. The van der Waals surface area contributed by atoms with Crippen LogP contribution < -0.4 is 0 Å². The van der Waals surface area contributed by atoms with Gasteiger partial charge in [-0.15, -0.1) is 0 Å². The first-order valence-corrected chi connectivity index (χ1v) is 10.1. The Bertz CT molecular complexity index is 557. The van der Waals surface area contributed by atoms with Crippen molar-refractivity contribution in [3.63, 3.8) is 0 Å². The van der Waals surface area contributed by atoms with Crippen LogP contribution in [-0.4, -0.2) is 45.1 Å². The minimum Gasteiger partial charge on any atom is -0.298 e. The molecule has 1 rings (SSSR count). The topological polar surface area (TPSA) is 85.3 Å². The van der Waals surface area contributed by atoms with Crippen LogP contribution in [0.3, 0.4) is 0 Å². The lowest BCUT2D eigenvalue weighted by Gasteiger charge is -2.32. The summed E-state index contributed by atoms with van der Waals surface area (Å²) in [6, 6.07) is 0. The highest BCUT2D eigenvalue weighted by molar-refractivity contribution is 7.92. The molecule has 0 aliphatic heterocycles. The van der Waals surface area contributed by atoms with Gasteiger partial charge in [0.2, 0.25) is 0 Å². The average Bonchev–Trinajstić information content (AvgIpc) is 2.25. The van der Waals surface area contributed by atoms with Gasteiger partial charge in [0.05, 0.1) is 5.25 Å². The van der Waals surface area contributed by atoms with Crippen molar-refractivity contribution in [2.75, 3.05) is 12.5 Å². The summed E-state index contributed by atoms with van der Waals surface area (Å²) in [5.41, 5.74) is 0. The van der Waals surface area contributed by atoms with Gasteiger partial charge in [0, 0.05) is 18.4 Å². The summed E-state index contributed by atoms with van der Waals surface area (Å²) in [5, 5.41) is -0.523. The van der Waals surface area contributed by atoms with Gasteiger partial charge in [0.15, 0.2) is 15.6 Å². The Morgan fingerprint density at radius 3 is 2.00 bits per heavy atom. The zero-order chi connectivity index (χ0) is 15.1. The lowest BCUT2D eigenvalue weighted by atomic mass is 9.82. The zero-order valence-electron chi connectivity index (χ0n) is 11.8. The summed E-state index contributed by atoms with van der Waals surface area (Å²) < 4.78 is 45.0. The number of hydrogen-bond donors (Lipinski definition) is 0. The third kappa shape index (κ3) is 3.56. The molecule has 0 heterocycles. The molecule has 0 aromatic carbocycles. The third-order valence-corrected chi connectivity index (χ3v) is 7.82. The molecule has 19 heavy (non-hydrogen) atoms. The van der Waals surface area contributed by atoms with Crippen LogP contribution in [0.5, 0.6) is 0 Å². The molecule has 7 heteroatoms. The van der Waals surface area contributed by atoms with E-state index in [-0.39, 0.29) is 12.2 Å². The summed E-state index contributed by atoms with van der Waals surface area (Å²) >= 11 is 0. The first-order valence-electron chi connectivity index (χ1n) is 6.30. The van der Waals surface area contributed by atoms with Crippen LogP contribution in [-0.2, 0) is 24.5 Å². The smallest absolute Gasteiger partial charge is 0.159 e. The van der Waals surface area contributed by atoms with E-state index in [1.54, 1.807) is 0 Å². The molecule has 0 amide bonds. The zero-order valence-corrected chi connectivity index (χ0v) is 13.5. The number of rotatable bonds is 4. The Morgan fingerprint density at radius 2 is 1.58 bits per heavy atom. The van der Waals surface area contributed by atoms with Crippen LogP contribution in [0, 0.1) is 5.92 Å². The van der Waals surface area contributed by atoms with Gasteiger partial charge in [-0.3, -0.25) is 4.79 Å². The van der Waals surface area contributed by atoms with Crippen molar-refractivity contribution >= 4 is 25.5 Å². The van der Waals surface area contributed by atoms with E-state index in [4.69, 9.17) is 0 Å². The van der Waals surface area contributed by atoms with Crippen LogP contribution in [0.25, 0.3) is 0 Å². The molecule has 0 bridgehead atoms. The monoisotopic (exact) mass is 310 g/mol. The fraction of sp³-hybridized carbons (Fsp3) is 0.917. The van der Waals surface area contributed by atoms with Crippen LogP contribution >= 0.6 is 0 Å². The number of ketones is 1. The van der Waals surface area contributed by atoms with Crippen LogP contribution in [0.1, 0.15) is 39.5 Å². The summed E-state index contributed by atoms with van der Waals surface area (Å²) in [7, 11) is -6.68. The minimum atomic E-state index is -3.50. The fourth-order valence-electron chi connectivity index (χ4n) is 2.45. The second-order valence-electron chi connectivity index (χ2n) is 5.96. The van der Waals surface area contributed by atoms with Crippen molar-refractivity contribution in [3.8, 4) is 0 Å². The van der Waals surface area contributed by atoms with E-state index in [0.29, 0.717) is 19.3 Å². The quantitative estimate of drug-likeness (QED) is 0.772. The van der Waals surface area contributed by atoms with E-state index < -0.39 is 35.6 Å². The number of carbonyl (C=O) groups excluding carboxylic acids is 1. The third-order valence-electron chi connectivity index (χ3n) is 4.12. The second-order valence-corrected chi connectivity index (χ2v) is 10.9. The van der Waals surface area contributed by atoms with E-state index >= 15 is 0 Å². The largest absolute Gasteiger partial charge is 0.298 e. The highest BCUT2D eigenvalue weighted by Gasteiger charge is 2.44.